The van der Waals surface area contributed by atoms with Crippen LogP contribution in [0.5, 0.6) is 11.5 Å². The smallest absolute Gasteiger partial charge is 0.161 e. The summed E-state index contributed by atoms with van der Waals surface area (Å²) in [7, 11) is 1.70. The Labute approximate surface area is 174 Å². The number of hydrogen-bond donors (Lipinski definition) is 1. The van der Waals surface area contributed by atoms with Crippen molar-refractivity contribution in [3.05, 3.63) is 59.7 Å². The molecule has 5 heteroatoms. The van der Waals surface area contributed by atoms with E-state index in [1.54, 1.807) is 7.11 Å². The van der Waals surface area contributed by atoms with E-state index in [1.807, 2.05) is 24.3 Å². The van der Waals surface area contributed by atoms with Crippen molar-refractivity contribution in [1.29, 1.82) is 0 Å². The van der Waals surface area contributed by atoms with Gasteiger partial charge in [-0.2, -0.15) is 0 Å². The van der Waals surface area contributed by atoms with Gasteiger partial charge < -0.3 is 14.8 Å². The minimum Gasteiger partial charge on any atom is -0.493 e. The molecule has 4 nitrogen and oxygen atoms in total. The number of methoxy groups -OCH3 is 1. The zero-order valence-corrected chi connectivity index (χ0v) is 17.5. The molecule has 2 heterocycles. The molecule has 2 saturated heterocycles. The molecule has 0 saturated carbocycles. The molecule has 0 amide bonds. The van der Waals surface area contributed by atoms with E-state index in [9.17, 15) is 0 Å². The molecule has 2 aliphatic rings. The lowest BCUT2D eigenvalue weighted by Gasteiger charge is -2.34. The molecule has 0 bridgehead atoms. The van der Waals surface area contributed by atoms with Crippen LogP contribution in [0.15, 0.2) is 48.5 Å². The number of hydrogen-bond acceptors (Lipinski definition) is 4. The van der Waals surface area contributed by atoms with Gasteiger partial charge in [0.05, 0.1) is 7.11 Å². The molecule has 0 radical (unpaired) electrons. The lowest BCUT2D eigenvalue weighted by atomic mass is 9.78. The van der Waals surface area contributed by atoms with E-state index in [2.05, 4.69) is 34.5 Å². The Bertz CT molecular complexity index is 748. The number of ether oxygens (including phenoxy) is 2. The molecule has 2 fully saturated rings. The van der Waals surface area contributed by atoms with Gasteiger partial charge in [-0.05, 0) is 67.6 Å². The number of nitrogens with zero attached hydrogens (tertiary/aromatic N) is 1. The highest BCUT2D eigenvalue weighted by molar-refractivity contribution is 5.85. The molecule has 2 aromatic rings. The van der Waals surface area contributed by atoms with E-state index < -0.39 is 0 Å². The second-order valence-corrected chi connectivity index (χ2v) is 7.97. The fourth-order valence-electron chi connectivity index (χ4n) is 4.45. The Balaban J connectivity index is 0.00000225. The number of likely N-dealkylation sites (tertiary alicyclic amines) is 1. The third kappa shape index (κ3) is 4.99. The summed E-state index contributed by atoms with van der Waals surface area (Å²) in [6, 6.07) is 16.6. The number of piperidine rings is 1. The monoisotopic (exact) mass is 402 g/mol. The maximum Gasteiger partial charge on any atom is 0.161 e. The van der Waals surface area contributed by atoms with Gasteiger partial charge in [0, 0.05) is 13.1 Å². The van der Waals surface area contributed by atoms with Crippen molar-refractivity contribution in [2.24, 2.45) is 5.41 Å². The van der Waals surface area contributed by atoms with Crippen LogP contribution in [-0.2, 0) is 13.2 Å². The van der Waals surface area contributed by atoms with Gasteiger partial charge >= 0.3 is 0 Å². The van der Waals surface area contributed by atoms with Crippen LogP contribution < -0.4 is 14.8 Å². The lowest BCUT2D eigenvalue weighted by Crippen LogP contribution is -2.38. The molecule has 2 aromatic carbocycles. The van der Waals surface area contributed by atoms with Crippen LogP contribution in [0.2, 0.25) is 0 Å². The van der Waals surface area contributed by atoms with Gasteiger partial charge in [0.2, 0.25) is 0 Å². The first kappa shape index (κ1) is 21.0. The van der Waals surface area contributed by atoms with Crippen LogP contribution in [0.3, 0.4) is 0 Å². The first-order valence-corrected chi connectivity index (χ1v) is 10.0. The maximum absolute atomic E-state index is 6.08. The number of nitrogens with one attached hydrogen (secondary N) is 1. The van der Waals surface area contributed by atoms with E-state index in [4.69, 9.17) is 9.47 Å². The standard InChI is InChI=1S/C23H30N2O2.ClH/c1-26-21-8-7-20(15-22(21)27-17-19-5-3-2-4-6-19)16-25-14-11-23(18-25)9-12-24-13-10-23;/h2-8,15,24H,9-14,16-18H2,1H3;1H. The molecule has 152 valence electrons. The van der Waals surface area contributed by atoms with Gasteiger partial charge in [0.25, 0.3) is 0 Å². The van der Waals surface area contributed by atoms with Crippen molar-refractivity contribution in [2.45, 2.75) is 32.4 Å². The summed E-state index contributed by atoms with van der Waals surface area (Å²) >= 11 is 0. The average molecular weight is 403 g/mol. The summed E-state index contributed by atoms with van der Waals surface area (Å²) in [5.74, 6) is 1.63. The maximum atomic E-state index is 6.08. The third-order valence-electron chi connectivity index (χ3n) is 6.05. The van der Waals surface area contributed by atoms with Gasteiger partial charge in [-0.25, -0.2) is 0 Å². The van der Waals surface area contributed by atoms with Crippen molar-refractivity contribution >= 4 is 12.4 Å². The SMILES string of the molecule is COc1ccc(CN2CCC3(CCNCC3)C2)cc1OCc1ccccc1.Cl. The molecule has 0 aromatic heterocycles. The molecule has 1 spiro atoms. The van der Waals surface area contributed by atoms with Gasteiger partial charge in [0.15, 0.2) is 11.5 Å². The Morgan fingerprint density at radius 3 is 2.50 bits per heavy atom. The summed E-state index contributed by atoms with van der Waals surface area (Å²) < 4.78 is 11.6. The predicted octanol–water partition coefficient (Wildman–Crippen LogP) is 4.27. The van der Waals surface area contributed by atoms with Crippen LogP contribution in [-0.4, -0.2) is 38.2 Å². The van der Waals surface area contributed by atoms with E-state index in [-0.39, 0.29) is 12.4 Å². The molecule has 0 unspecified atom stereocenters. The predicted molar refractivity (Wildman–Crippen MR) is 115 cm³/mol. The van der Waals surface area contributed by atoms with E-state index in [0.717, 1.165) is 23.6 Å². The summed E-state index contributed by atoms with van der Waals surface area (Å²) in [6.45, 7) is 6.32. The molecule has 2 aliphatic heterocycles. The molecular formula is C23H31ClN2O2. The van der Waals surface area contributed by atoms with Crippen LogP contribution in [0.1, 0.15) is 30.4 Å². The van der Waals surface area contributed by atoms with Crippen molar-refractivity contribution in [1.82, 2.24) is 10.2 Å². The van der Waals surface area contributed by atoms with Crippen LogP contribution in [0.25, 0.3) is 0 Å². The molecular weight excluding hydrogens is 372 g/mol. The van der Waals surface area contributed by atoms with Gasteiger partial charge in [-0.3, -0.25) is 4.90 Å². The largest absolute Gasteiger partial charge is 0.493 e. The Morgan fingerprint density at radius 1 is 0.964 bits per heavy atom. The second-order valence-electron chi connectivity index (χ2n) is 7.97. The molecule has 1 N–H and O–H groups in total. The van der Waals surface area contributed by atoms with E-state index in [0.29, 0.717) is 12.0 Å². The fourth-order valence-corrected chi connectivity index (χ4v) is 4.45. The highest BCUT2D eigenvalue weighted by Crippen LogP contribution is 2.39. The summed E-state index contributed by atoms with van der Waals surface area (Å²) in [6.07, 6.45) is 3.97. The fraction of sp³-hybridized carbons (Fsp3) is 0.478. The van der Waals surface area contributed by atoms with Crippen molar-refractivity contribution in [3.8, 4) is 11.5 Å². The Hall–Kier alpha value is -1.75. The van der Waals surface area contributed by atoms with Crippen molar-refractivity contribution in [2.75, 3.05) is 33.3 Å². The summed E-state index contributed by atoms with van der Waals surface area (Å²) in [4.78, 5) is 2.61. The van der Waals surface area contributed by atoms with Crippen LogP contribution in [0.4, 0.5) is 0 Å². The van der Waals surface area contributed by atoms with Gasteiger partial charge in [-0.1, -0.05) is 36.4 Å². The molecule has 4 rings (SSSR count). The first-order valence-electron chi connectivity index (χ1n) is 10.0. The Kier molecular flexibility index (Phi) is 7.22. The van der Waals surface area contributed by atoms with Gasteiger partial charge in [0.1, 0.15) is 6.61 Å². The molecule has 0 aliphatic carbocycles. The van der Waals surface area contributed by atoms with E-state index >= 15 is 0 Å². The zero-order chi connectivity index (χ0) is 18.5. The van der Waals surface area contributed by atoms with E-state index in [1.165, 1.54) is 51.0 Å². The van der Waals surface area contributed by atoms with Gasteiger partial charge in [-0.15, -0.1) is 12.4 Å². The highest BCUT2D eigenvalue weighted by Gasteiger charge is 2.38. The average Bonchev–Trinajstić information content (AvgIpc) is 3.09. The van der Waals surface area contributed by atoms with Crippen molar-refractivity contribution in [3.63, 3.8) is 0 Å². The molecule has 0 atom stereocenters. The number of rotatable bonds is 6. The van der Waals surface area contributed by atoms with Crippen LogP contribution >= 0.6 is 12.4 Å². The highest BCUT2D eigenvalue weighted by atomic mass is 35.5. The van der Waals surface area contributed by atoms with Crippen molar-refractivity contribution < 1.29 is 9.47 Å². The minimum atomic E-state index is 0. The quantitative estimate of drug-likeness (QED) is 0.782. The topological polar surface area (TPSA) is 33.7 Å². The minimum absolute atomic E-state index is 0. The Morgan fingerprint density at radius 2 is 1.75 bits per heavy atom. The number of benzene rings is 2. The normalized spacial score (nSPS) is 18.6. The first-order chi connectivity index (χ1) is 13.3. The zero-order valence-electron chi connectivity index (χ0n) is 16.7. The lowest BCUT2D eigenvalue weighted by molar-refractivity contribution is 0.194. The summed E-state index contributed by atoms with van der Waals surface area (Å²) in [5, 5.41) is 3.50. The summed E-state index contributed by atoms with van der Waals surface area (Å²) in [5.41, 5.74) is 3.01. The second kappa shape index (κ2) is 9.64. The molecule has 28 heavy (non-hydrogen) atoms. The number of halogens is 1. The van der Waals surface area contributed by atoms with Crippen LogP contribution in [0, 0.1) is 5.41 Å². The third-order valence-corrected chi connectivity index (χ3v) is 6.05.